The first-order valence-corrected chi connectivity index (χ1v) is 13.8. The van der Waals surface area contributed by atoms with Crippen LogP contribution in [0, 0.1) is 0 Å². The van der Waals surface area contributed by atoms with Gasteiger partial charge in [0.15, 0.2) is 11.4 Å². The van der Waals surface area contributed by atoms with Crippen molar-refractivity contribution in [3.8, 4) is 11.1 Å². The van der Waals surface area contributed by atoms with Crippen molar-refractivity contribution in [3.05, 3.63) is 134 Å². The minimum atomic E-state index is 0.777. The Morgan fingerprint density at radius 1 is 0.564 bits per heavy atom. The van der Waals surface area contributed by atoms with Gasteiger partial charge in [-0.05, 0) is 53.6 Å². The van der Waals surface area contributed by atoms with Crippen molar-refractivity contribution in [3.63, 3.8) is 0 Å². The lowest BCUT2D eigenvalue weighted by Crippen LogP contribution is -2.12. The number of rotatable bonds is 4. The molecule has 8 rings (SSSR count). The van der Waals surface area contributed by atoms with Crippen LogP contribution in [0.3, 0.4) is 0 Å². The highest BCUT2D eigenvalue weighted by atomic mass is 32.1. The van der Waals surface area contributed by atoms with Crippen molar-refractivity contribution in [2.24, 2.45) is 0 Å². The molecule has 0 fully saturated rings. The van der Waals surface area contributed by atoms with E-state index in [1.807, 2.05) is 41.8 Å². The maximum absolute atomic E-state index is 6.48. The van der Waals surface area contributed by atoms with Crippen molar-refractivity contribution >= 4 is 70.6 Å². The van der Waals surface area contributed by atoms with Gasteiger partial charge in [-0.3, -0.25) is 4.90 Å². The van der Waals surface area contributed by atoms with Gasteiger partial charge in [-0.2, -0.15) is 0 Å². The first kappa shape index (κ1) is 22.1. The van der Waals surface area contributed by atoms with Gasteiger partial charge >= 0.3 is 0 Å². The van der Waals surface area contributed by atoms with E-state index in [4.69, 9.17) is 9.40 Å². The molecule has 3 aromatic heterocycles. The third-order valence-corrected chi connectivity index (χ3v) is 8.48. The topological polar surface area (TPSA) is 29.3 Å². The number of thiophene rings is 1. The van der Waals surface area contributed by atoms with Gasteiger partial charge in [-0.1, -0.05) is 84.9 Å². The zero-order valence-corrected chi connectivity index (χ0v) is 21.7. The Kier molecular flexibility index (Phi) is 5.00. The van der Waals surface area contributed by atoms with Crippen LogP contribution in [-0.2, 0) is 0 Å². The summed E-state index contributed by atoms with van der Waals surface area (Å²) < 4.78 is 9.00. The van der Waals surface area contributed by atoms with E-state index < -0.39 is 0 Å². The number of benzene rings is 5. The zero-order valence-electron chi connectivity index (χ0n) is 20.9. The van der Waals surface area contributed by atoms with E-state index in [9.17, 15) is 0 Å². The number of para-hydroxylation sites is 1. The normalized spacial score (nSPS) is 11.6. The molecular formula is C35H22N2OS. The largest absolute Gasteiger partial charge is 0.452 e. The summed E-state index contributed by atoms with van der Waals surface area (Å²) >= 11 is 1.82. The number of aromatic nitrogens is 1. The summed E-state index contributed by atoms with van der Waals surface area (Å²) in [6, 6.07) is 44.6. The molecule has 0 radical (unpaired) electrons. The molecule has 0 saturated carbocycles. The van der Waals surface area contributed by atoms with E-state index in [2.05, 4.69) is 108 Å². The Morgan fingerprint density at radius 2 is 1.28 bits per heavy atom. The number of hydrogen-bond donors (Lipinski definition) is 0. The quantitative estimate of drug-likeness (QED) is 0.232. The van der Waals surface area contributed by atoms with Crippen LogP contribution < -0.4 is 4.90 Å². The number of furan rings is 1. The molecule has 0 atom stereocenters. The standard InChI is InChI=1S/C35H22N2OS/c1-2-9-23(10-3-1)24-17-19-25(20-18-24)37(29-13-8-16-32-33(29)28-12-5-7-15-31(28)39-32)35-34-27(21-22-36-35)26-11-4-6-14-30(26)38-34/h1-22H. The Bertz CT molecular complexity index is 2120. The van der Waals surface area contributed by atoms with Crippen LogP contribution in [0.15, 0.2) is 138 Å². The highest BCUT2D eigenvalue weighted by Crippen LogP contribution is 2.46. The summed E-state index contributed by atoms with van der Waals surface area (Å²) in [4.78, 5) is 7.19. The number of fused-ring (bicyclic) bond motifs is 6. The zero-order chi connectivity index (χ0) is 25.8. The van der Waals surface area contributed by atoms with Crippen LogP contribution in [0.1, 0.15) is 0 Å². The molecule has 4 heteroatoms. The van der Waals surface area contributed by atoms with Crippen LogP contribution >= 0.6 is 11.3 Å². The lowest BCUT2D eigenvalue weighted by Gasteiger charge is -2.25. The second kappa shape index (κ2) is 8.83. The fraction of sp³-hybridized carbons (Fsp3) is 0. The molecule has 0 saturated heterocycles. The Hall–Kier alpha value is -4.93. The van der Waals surface area contributed by atoms with Gasteiger partial charge in [-0.15, -0.1) is 11.3 Å². The molecule has 0 aliphatic heterocycles. The molecule has 3 nitrogen and oxygen atoms in total. The van der Waals surface area contributed by atoms with E-state index >= 15 is 0 Å². The highest BCUT2D eigenvalue weighted by Gasteiger charge is 2.23. The van der Waals surface area contributed by atoms with Crippen molar-refractivity contribution in [2.45, 2.75) is 0 Å². The first-order chi connectivity index (χ1) is 19.3. The monoisotopic (exact) mass is 518 g/mol. The molecule has 0 amide bonds. The summed E-state index contributed by atoms with van der Waals surface area (Å²) in [5.74, 6) is 0.777. The van der Waals surface area contributed by atoms with Crippen LogP contribution in [0.2, 0.25) is 0 Å². The average molecular weight is 519 g/mol. The lowest BCUT2D eigenvalue weighted by atomic mass is 10.0. The number of hydrogen-bond acceptors (Lipinski definition) is 4. The third kappa shape index (κ3) is 3.53. The van der Waals surface area contributed by atoms with E-state index in [0.717, 1.165) is 39.1 Å². The Labute approximate surface area is 229 Å². The molecule has 8 aromatic rings. The van der Waals surface area contributed by atoms with Crippen molar-refractivity contribution in [1.29, 1.82) is 0 Å². The summed E-state index contributed by atoms with van der Waals surface area (Å²) in [5, 5.41) is 4.62. The minimum Gasteiger partial charge on any atom is -0.452 e. The maximum Gasteiger partial charge on any atom is 0.181 e. The van der Waals surface area contributed by atoms with E-state index in [0.29, 0.717) is 0 Å². The molecule has 0 unspecified atom stereocenters. The number of pyridine rings is 1. The van der Waals surface area contributed by atoms with Gasteiger partial charge in [0.1, 0.15) is 5.58 Å². The van der Waals surface area contributed by atoms with Crippen LogP contribution in [0.4, 0.5) is 17.2 Å². The van der Waals surface area contributed by atoms with Gasteiger partial charge in [0.25, 0.3) is 0 Å². The van der Waals surface area contributed by atoms with Gasteiger partial charge in [0, 0.05) is 42.8 Å². The number of nitrogens with zero attached hydrogens (tertiary/aromatic N) is 2. The fourth-order valence-corrected chi connectivity index (χ4v) is 6.68. The van der Waals surface area contributed by atoms with E-state index in [1.54, 1.807) is 0 Å². The van der Waals surface area contributed by atoms with Gasteiger partial charge in [-0.25, -0.2) is 4.98 Å². The van der Waals surface area contributed by atoms with Gasteiger partial charge < -0.3 is 4.42 Å². The predicted octanol–water partition coefficient (Wildman–Crippen LogP) is 10.5. The summed E-state index contributed by atoms with van der Waals surface area (Å²) in [6.45, 7) is 0. The molecule has 0 aliphatic carbocycles. The third-order valence-electron chi connectivity index (χ3n) is 7.34. The minimum absolute atomic E-state index is 0.777. The predicted molar refractivity (Wildman–Crippen MR) is 165 cm³/mol. The molecule has 3 heterocycles. The Morgan fingerprint density at radius 3 is 2.15 bits per heavy atom. The van der Waals surface area contributed by atoms with Crippen molar-refractivity contribution in [1.82, 2.24) is 4.98 Å². The first-order valence-electron chi connectivity index (χ1n) is 13.0. The average Bonchev–Trinajstić information content (AvgIpc) is 3.58. The molecule has 0 aliphatic rings. The highest BCUT2D eigenvalue weighted by molar-refractivity contribution is 7.26. The molecule has 0 spiro atoms. The Balaban J connectivity index is 1.42. The maximum atomic E-state index is 6.48. The van der Waals surface area contributed by atoms with Crippen molar-refractivity contribution < 1.29 is 4.42 Å². The van der Waals surface area contributed by atoms with E-state index in [-0.39, 0.29) is 0 Å². The molecule has 184 valence electrons. The van der Waals surface area contributed by atoms with Crippen molar-refractivity contribution in [2.75, 3.05) is 4.90 Å². The molecule has 0 bridgehead atoms. The smallest absolute Gasteiger partial charge is 0.181 e. The molecule has 0 N–H and O–H groups in total. The summed E-state index contributed by atoms with van der Waals surface area (Å²) in [5.41, 5.74) is 6.12. The van der Waals surface area contributed by atoms with Crippen LogP contribution in [0.5, 0.6) is 0 Å². The lowest BCUT2D eigenvalue weighted by molar-refractivity contribution is 0.667. The van der Waals surface area contributed by atoms with E-state index in [1.165, 1.54) is 31.3 Å². The second-order valence-electron chi connectivity index (χ2n) is 9.61. The SMILES string of the molecule is c1ccc(-c2ccc(N(c3nccc4c3oc3ccccc34)c3cccc4sc5ccccc5c34)cc2)cc1. The molecule has 39 heavy (non-hydrogen) atoms. The van der Waals surface area contributed by atoms with Gasteiger partial charge in [0.2, 0.25) is 0 Å². The summed E-state index contributed by atoms with van der Waals surface area (Å²) in [7, 11) is 0. The van der Waals surface area contributed by atoms with Gasteiger partial charge in [0.05, 0.1) is 5.69 Å². The molecule has 5 aromatic carbocycles. The van der Waals surface area contributed by atoms with Crippen LogP contribution in [-0.4, -0.2) is 4.98 Å². The molecular weight excluding hydrogens is 496 g/mol. The second-order valence-corrected chi connectivity index (χ2v) is 10.7. The number of anilines is 3. The summed E-state index contributed by atoms with van der Waals surface area (Å²) in [6.07, 6.45) is 1.89. The van der Waals surface area contributed by atoms with Crippen LogP contribution in [0.25, 0.3) is 53.2 Å². The fourth-order valence-electron chi connectivity index (χ4n) is 5.55.